The Bertz CT molecular complexity index is 207. The molecule has 1 aromatic rings. The second-order valence-corrected chi connectivity index (χ2v) is 3.35. The standard InChI is InChI=1S/C10H19N3/c1-2-3-6-10-12-8-9(13-10)5-4-7-11/h8H,2-7,11H2,1H3,(H,12,13). The minimum atomic E-state index is 0.753. The molecule has 1 rings (SSSR count). The molecule has 0 aliphatic rings. The van der Waals surface area contributed by atoms with Crippen molar-refractivity contribution in [3.63, 3.8) is 0 Å². The first-order chi connectivity index (χ1) is 6.36. The van der Waals surface area contributed by atoms with Gasteiger partial charge in [-0.3, -0.25) is 0 Å². The van der Waals surface area contributed by atoms with Gasteiger partial charge >= 0.3 is 0 Å². The maximum absolute atomic E-state index is 5.43. The zero-order chi connectivity index (χ0) is 9.52. The van der Waals surface area contributed by atoms with E-state index in [-0.39, 0.29) is 0 Å². The summed E-state index contributed by atoms with van der Waals surface area (Å²) in [6, 6.07) is 0. The van der Waals surface area contributed by atoms with E-state index in [2.05, 4.69) is 16.9 Å². The van der Waals surface area contributed by atoms with Gasteiger partial charge < -0.3 is 10.7 Å². The predicted molar refractivity (Wildman–Crippen MR) is 54.6 cm³/mol. The lowest BCUT2D eigenvalue weighted by atomic mass is 10.2. The zero-order valence-corrected chi connectivity index (χ0v) is 8.34. The van der Waals surface area contributed by atoms with Gasteiger partial charge in [0, 0.05) is 18.3 Å². The molecule has 1 aromatic heterocycles. The molecular formula is C10H19N3. The topological polar surface area (TPSA) is 54.7 Å². The number of H-pyrrole nitrogens is 1. The lowest BCUT2D eigenvalue weighted by Crippen LogP contribution is -2.00. The summed E-state index contributed by atoms with van der Waals surface area (Å²) in [5, 5.41) is 0. The highest BCUT2D eigenvalue weighted by Gasteiger charge is 1.99. The maximum Gasteiger partial charge on any atom is 0.106 e. The van der Waals surface area contributed by atoms with Crippen molar-refractivity contribution in [3.8, 4) is 0 Å². The first-order valence-electron chi connectivity index (χ1n) is 5.09. The zero-order valence-electron chi connectivity index (χ0n) is 8.34. The van der Waals surface area contributed by atoms with Gasteiger partial charge in [0.05, 0.1) is 0 Å². The van der Waals surface area contributed by atoms with Gasteiger partial charge in [0.1, 0.15) is 5.82 Å². The fourth-order valence-electron chi connectivity index (χ4n) is 1.30. The SMILES string of the molecule is CCCCc1ncc(CCCN)[nH]1. The van der Waals surface area contributed by atoms with Crippen molar-refractivity contribution in [2.75, 3.05) is 6.54 Å². The fourth-order valence-corrected chi connectivity index (χ4v) is 1.30. The molecule has 74 valence electrons. The van der Waals surface area contributed by atoms with Gasteiger partial charge in [-0.1, -0.05) is 13.3 Å². The van der Waals surface area contributed by atoms with Gasteiger partial charge in [0.25, 0.3) is 0 Å². The van der Waals surface area contributed by atoms with Crippen molar-refractivity contribution in [2.45, 2.75) is 39.0 Å². The normalized spacial score (nSPS) is 10.6. The number of hydrogen-bond acceptors (Lipinski definition) is 2. The number of aromatic amines is 1. The van der Waals surface area contributed by atoms with Crippen LogP contribution in [0.15, 0.2) is 6.20 Å². The van der Waals surface area contributed by atoms with E-state index in [1.807, 2.05) is 6.20 Å². The summed E-state index contributed by atoms with van der Waals surface area (Å²) in [6.07, 6.45) is 7.49. The third-order valence-electron chi connectivity index (χ3n) is 2.10. The summed E-state index contributed by atoms with van der Waals surface area (Å²) in [5.41, 5.74) is 6.65. The summed E-state index contributed by atoms with van der Waals surface area (Å²) >= 11 is 0. The van der Waals surface area contributed by atoms with Crippen LogP contribution in [0.4, 0.5) is 0 Å². The smallest absolute Gasteiger partial charge is 0.106 e. The number of nitrogens with one attached hydrogen (secondary N) is 1. The van der Waals surface area contributed by atoms with Crippen LogP contribution < -0.4 is 5.73 Å². The summed E-state index contributed by atoms with van der Waals surface area (Å²) in [7, 11) is 0. The van der Waals surface area contributed by atoms with Crippen molar-refractivity contribution in [2.24, 2.45) is 5.73 Å². The Morgan fingerprint density at radius 2 is 2.23 bits per heavy atom. The van der Waals surface area contributed by atoms with E-state index in [1.54, 1.807) is 0 Å². The number of nitrogens with zero attached hydrogens (tertiary/aromatic N) is 1. The number of hydrogen-bond donors (Lipinski definition) is 2. The molecule has 0 aliphatic carbocycles. The molecule has 1 heterocycles. The molecule has 0 radical (unpaired) electrons. The van der Waals surface area contributed by atoms with Gasteiger partial charge in [-0.2, -0.15) is 0 Å². The quantitative estimate of drug-likeness (QED) is 0.701. The number of imidazole rings is 1. The van der Waals surface area contributed by atoms with Gasteiger partial charge in [-0.05, 0) is 25.8 Å². The van der Waals surface area contributed by atoms with Crippen LogP contribution in [-0.4, -0.2) is 16.5 Å². The number of aryl methyl sites for hydroxylation is 2. The molecule has 0 aliphatic heterocycles. The van der Waals surface area contributed by atoms with Crippen molar-refractivity contribution in [1.82, 2.24) is 9.97 Å². The average molecular weight is 181 g/mol. The van der Waals surface area contributed by atoms with E-state index in [1.165, 1.54) is 18.5 Å². The predicted octanol–water partition coefficient (Wildman–Crippen LogP) is 1.64. The third kappa shape index (κ3) is 3.59. The monoisotopic (exact) mass is 181 g/mol. The van der Waals surface area contributed by atoms with Crippen molar-refractivity contribution in [3.05, 3.63) is 17.7 Å². The molecule has 0 unspecified atom stereocenters. The van der Waals surface area contributed by atoms with Crippen LogP contribution in [0, 0.1) is 0 Å². The summed E-state index contributed by atoms with van der Waals surface area (Å²) in [4.78, 5) is 7.63. The summed E-state index contributed by atoms with van der Waals surface area (Å²) < 4.78 is 0. The van der Waals surface area contributed by atoms with E-state index in [0.29, 0.717) is 0 Å². The lowest BCUT2D eigenvalue weighted by Gasteiger charge is -1.94. The Labute approximate surface area is 79.8 Å². The number of aromatic nitrogens is 2. The number of unbranched alkanes of at least 4 members (excludes halogenated alkanes) is 1. The molecule has 0 saturated carbocycles. The highest BCUT2D eigenvalue weighted by Crippen LogP contribution is 2.03. The Kier molecular flexibility index (Phi) is 4.54. The largest absolute Gasteiger partial charge is 0.346 e. The molecule has 0 bridgehead atoms. The van der Waals surface area contributed by atoms with Crippen LogP contribution in [0.1, 0.15) is 37.7 Å². The third-order valence-corrected chi connectivity index (χ3v) is 2.10. The minimum Gasteiger partial charge on any atom is -0.346 e. The first kappa shape index (κ1) is 10.3. The van der Waals surface area contributed by atoms with E-state index in [0.717, 1.165) is 31.6 Å². The molecule has 13 heavy (non-hydrogen) atoms. The Morgan fingerprint density at radius 3 is 2.92 bits per heavy atom. The maximum atomic E-state index is 5.43. The lowest BCUT2D eigenvalue weighted by molar-refractivity contribution is 0.755. The van der Waals surface area contributed by atoms with Crippen LogP contribution in [0.2, 0.25) is 0 Å². The highest BCUT2D eigenvalue weighted by molar-refractivity contribution is 5.01. The Balaban J connectivity index is 2.34. The minimum absolute atomic E-state index is 0.753. The van der Waals surface area contributed by atoms with Crippen LogP contribution in [0.25, 0.3) is 0 Å². The highest BCUT2D eigenvalue weighted by atomic mass is 14.9. The van der Waals surface area contributed by atoms with E-state index < -0.39 is 0 Å². The van der Waals surface area contributed by atoms with E-state index in [4.69, 9.17) is 5.73 Å². The van der Waals surface area contributed by atoms with Gasteiger partial charge in [0.15, 0.2) is 0 Å². The molecule has 0 spiro atoms. The Hall–Kier alpha value is -0.830. The molecule has 0 aromatic carbocycles. The van der Waals surface area contributed by atoms with Crippen molar-refractivity contribution < 1.29 is 0 Å². The number of nitrogens with two attached hydrogens (primary N) is 1. The molecule has 0 fully saturated rings. The van der Waals surface area contributed by atoms with E-state index in [9.17, 15) is 0 Å². The number of rotatable bonds is 6. The average Bonchev–Trinajstić information content (AvgIpc) is 2.59. The second-order valence-electron chi connectivity index (χ2n) is 3.35. The molecular weight excluding hydrogens is 162 g/mol. The second kappa shape index (κ2) is 5.75. The van der Waals surface area contributed by atoms with Crippen LogP contribution in [0.5, 0.6) is 0 Å². The van der Waals surface area contributed by atoms with Crippen LogP contribution in [0.3, 0.4) is 0 Å². The van der Waals surface area contributed by atoms with Crippen LogP contribution in [-0.2, 0) is 12.8 Å². The molecule has 3 N–H and O–H groups in total. The van der Waals surface area contributed by atoms with Gasteiger partial charge in [0.2, 0.25) is 0 Å². The van der Waals surface area contributed by atoms with Crippen molar-refractivity contribution in [1.29, 1.82) is 0 Å². The summed E-state index contributed by atoms with van der Waals surface area (Å²) in [5.74, 6) is 1.12. The van der Waals surface area contributed by atoms with Gasteiger partial charge in [-0.15, -0.1) is 0 Å². The molecule has 0 saturated heterocycles. The summed E-state index contributed by atoms with van der Waals surface area (Å²) in [6.45, 7) is 2.95. The molecule has 3 nitrogen and oxygen atoms in total. The first-order valence-corrected chi connectivity index (χ1v) is 5.09. The van der Waals surface area contributed by atoms with Crippen molar-refractivity contribution >= 4 is 0 Å². The molecule has 0 amide bonds. The Morgan fingerprint density at radius 1 is 1.38 bits per heavy atom. The molecule has 0 atom stereocenters. The van der Waals surface area contributed by atoms with Crippen LogP contribution >= 0.6 is 0 Å². The molecule has 3 heteroatoms. The van der Waals surface area contributed by atoms with Gasteiger partial charge in [-0.25, -0.2) is 4.98 Å². The fraction of sp³-hybridized carbons (Fsp3) is 0.700. The van der Waals surface area contributed by atoms with E-state index >= 15 is 0 Å².